The van der Waals surface area contributed by atoms with Gasteiger partial charge < -0.3 is 4.74 Å². The number of carbonyl (C=O) groups is 1. The van der Waals surface area contributed by atoms with Gasteiger partial charge >= 0.3 is 5.97 Å². The van der Waals surface area contributed by atoms with Crippen molar-refractivity contribution in [1.29, 1.82) is 0 Å². The summed E-state index contributed by atoms with van der Waals surface area (Å²) in [6, 6.07) is 17.1. The van der Waals surface area contributed by atoms with Gasteiger partial charge in [-0.15, -0.1) is 0 Å². The van der Waals surface area contributed by atoms with E-state index in [1.54, 1.807) is 0 Å². The molecular formula is C27H35NO2. The molecule has 0 aliphatic carbocycles. The van der Waals surface area contributed by atoms with E-state index in [-0.39, 0.29) is 11.6 Å². The number of unbranched alkanes of at least 4 members (excludes halogenated alkanes) is 6. The molecule has 0 aliphatic heterocycles. The van der Waals surface area contributed by atoms with Crippen molar-refractivity contribution < 1.29 is 9.53 Å². The Balaban J connectivity index is 1.36. The van der Waals surface area contributed by atoms with Gasteiger partial charge in [0, 0.05) is 17.2 Å². The molecule has 0 spiro atoms. The standard InChI is InChI=1S/C27H35NO2/c1-27(2,3)30-26(29)19-10-8-6-4-5-7-9-14-21-16-13-18-25-23(21)20-22-15-11-12-17-24(22)28-25/h11-13,15-18,20H,4-10,14,19H2,1-3H3. The van der Waals surface area contributed by atoms with E-state index in [4.69, 9.17) is 9.72 Å². The molecule has 2 aromatic carbocycles. The Morgan fingerprint density at radius 2 is 1.50 bits per heavy atom. The van der Waals surface area contributed by atoms with Crippen molar-refractivity contribution in [1.82, 2.24) is 4.98 Å². The Kier molecular flexibility index (Phi) is 7.84. The number of carbonyl (C=O) groups excluding carboxylic acids is 1. The molecule has 160 valence electrons. The summed E-state index contributed by atoms with van der Waals surface area (Å²) in [4.78, 5) is 16.5. The van der Waals surface area contributed by atoms with Crippen LogP contribution in [0.1, 0.15) is 77.7 Å². The van der Waals surface area contributed by atoms with Crippen molar-refractivity contribution >= 4 is 27.8 Å². The van der Waals surface area contributed by atoms with Crippen LogP contribution in [0.4, 0.5) is 0 Å². The van der Waals surface area contributed by atoms with E-state index in [0.29, 0.717) is 6.42 Å². The van der Waals surface area contributed by atoms with Crippen LogP contribution in [-0.2, 0) is 16.0 Å². The van der Waals surface area contributed by atoms with Crippen LogP contribution in [0.25, 0.3) is 21.8 Å². The number of hydrogen-bond donors (Lipinski definition) is 0. The highest BCUT2D eigenvalue weighted by Gasteiger charge is 2.15. The number of rotatable bonds is 10. The Morgan fingerprint density at radius 1 is 0.833 bits per heavy atom. The van der Waals surface area contributed by atoms with Crippen molar-refractivity contribution in [2.24, 2.45) is 0 Å². The van der Waals surface area contributed by atoms with Gasteiger partial charge in [0.05, 0.1) is 11.0 Å². The molecule has 3 aromatic rings. The van der Waals surface area contributed by atoms with Crippen molar-refractivity contribution in [3.8, 4) is 0 Å². The van der Waals surface area contributed by atoms with Gasteiger partial charge in [-0.25, -0.2) is 4.98 Å². The maximum atomic E-state index is 11.7. The molecule has 0 fully saturated rings. The maximum Gasteiger partial charge on any atom is 0.306 e. The second kappa shape index (κ2) is 10.6. The minimum absolute atomic E-state index is 0.0696. The summed E-state index contributed by atoms with van der Waals surface area (Å²) in [6.45, 7) is 5.76. The van der Waals surface area contributed by atoms with Gasteiger partial charge in [0.25, 0.3) is 0 Å². The van der Waals surface area contributed by atoms with Gasteiger partial charge in [-0.2, -0.15) is 0 Å². The molecule has 0 bridgehead atoms. The zero-order valence-corrected chi connectivity index (χ0v) is 18.7. The lowest BCUT2D eigenvalue weighted by Gasteiger charge is -2.19. The van der Waals surface area contributed by atoms with Crippen LogP contribution < -0.4 is 0 Å². The summed E-state index contributed by atoms with van der Waals surface area (Å²) < 4.78 is 5.35. The molecule has 1 aromatic heterocycles. The number of para-hydroxylation sites is 1. The summed E-state index contributed by atoms with van der Waals surface area (Å²) >= 11 is 0. The van der Waals surface area contributed by atoms with Gasteiger partial charge in [-0.05, 0) is 63.8 Å². The van der Waals surface area contributed by atoms with Gasteiger partial charge in [0.15, 0.2) is 0 Å². The normalized spacial score (nSPS) is 11.8. The van der Waals surface area contributed by atoms with E-state index < -0.39 is 0 Å². The van der Waals surface area contributed by atoms with Crippen molar-refractivity contribution in [3.05, 3.63) is 54.1 Å². The lowest BCUT2D eigenvalue weighted by molar-refractivity contribution is -0.154. The van der Waals surface area contributed by atoms with E-state index >= 15 is 0 Å². The molecule has 0 amide bonds. The van der Waals surface area contributed by atoms with Crippen LogP contribution >= 0.6 is 0 Å². The number of ether oxygens (including phenoxy) is 1. The van der Waals surface area contributed by atoms with Crippen LogP contribution in [0.2, 0.25) is 0 Å². The summed E-state index contributed by atoms with van der Waals surface area (Å²) in [5.74, 6) is -0.0696. The van der Waals surface area contributed by atoms with Crippen molar-refractivity contribution in [2.45, 2.75) is 84.2 Å². The molecule has 0 unspecified atom stereocenters. The van der Waals surface area contributed by atoms with E-state index in [1.807, 2.05) is 26.8 Å². The first-order valence-corrected chi connectivity index (χ1v) is 11.4. The molecule has 1 heterocycles. The van der Waals surface area contributed by atoms with Crippen LogP contribution in [0.3, 0.4) is 0 Å². The average molecular weight is 406 g/mol. The third-order valence-electron chi connectivity index (χ3n) is 5.40. The lowest BCUT2D eigenvalue weighted by atomic mass is 10.00. The van der Waals surface area contributed by atoms with E-state index in [1.165, 1.54) is 48.4 Å². The van der Waals surface area contributed by atoms with Crippen LogP contribution in [0.5, 0.6) is 0 Å². The Morgan fingerprint density at radius 3 is 2.27 bits per heavy atom. The predicted octanol–water partition coefficient (Wildman–Crippen LogP) is 7.39. The number of esters is 1. The molecule has 3 heteroatoms. The highest BCUT2D eigenvalue weighted by atomic mass is 16.6. The average Bonchev–Trinajstić information content (AvgIpc) is 2.70. The maximum absolute atomic E-state index is 11.7. The van der Waals surface area contributed by atoms with Gasteiger partial charge in [-0.3, -0.25) is 4.79 Å². The minimum Gasteiger partial charge on any atom is -0.460 e. The molecule has 3 rings (SSSR count). The molecular weight excluding hydrogens is 370 g/mol. The largest absolute Gasteiger partial charge is 0.460 e. The van der Waals surface area contributed by atoms with Gasteiger partial charge in [0.2, 0.25) is 0 Å². The highest BCUT2D eigenvalue weighted by molar-refractivity contribution is 5.94. The number of hydrogen-bond acceptors (Lipinski definition) is 3. The fraction of sp³-hybridized carbons (Fsp3) is 0.481. The Bertz CT molecular complexity index is 971. The lowest BCUT2D eigenvalue weighted by Crippen LogP contribution is -2.23. The summed E-state index contributed by atoms with van der Waals surface area (Å²) in [5, 5.41) is 2.50. The van der Waals surface area contributed by atoms with Gasteiger partial charge in [0.1, 0.15) is 5.60 Å². The monoisotopic (exact) mass is 405 g/mol. The third-order valence-corrected chi connectivity index (χ3v) is 5.40. The molecule has 0 saturated heterocycles. The number of pyridine rings is 1. The SMILES string of the molecule is CC(C)(C)OC(=O)CCCCCCCCCc1cccc2nc3ccccc3cc12. The first kappa shape index (κ1) is 22.3. The number of fused-ring (bicyclic) bond motifs is 2. The first-order valence-electron chi connectivity index (χ1n) is 11.4. The fourth-order valence-electron chi connectivity index (χ4n) is 3.94. The summed E-state index contributed by atoms with van der Waals surface area (Å²) in [6.07, 6.45) is 9.87. The van der Waals surface area contributed by atoms with Crippen molar-refractivity contribution in [3.63, 3.8) is 0 Å². The highest BCUT2D eigenvalue weighted by Crippen LogP contribution is 2.24. The van der Waals surface area contributed by atoms with Gasteiger partial charge in [-0.1, -0.05) is 62.4 Å². The number of nitrogens with zero attached hydrogens (tertiary/aromatic N) is 1. The quantitative estimate of drug-likeness (QED) is 0.200. The zero-order chi connectivity index (χ0) is 21.4. The smallest absolute Gasteiger partial charge is 0.306 e. The first-order chi connectivity index (χ1) is 14.4. The molecule has 0 atom stereocenters. The molecule has 0 radical (unpaired) electrons. The molecule has 3 nitrogen and oxygen atoms in total. The molecule has 0 N–H and O–H groups in total. The second-order valence-electron chi connectivity index (χ2n) is 9.23. The predicted molar refractivity (Wildman–Crippen MR) is 126 cm³/mol. The summed E-state index contributed by atoms with van der Waals surface area (Å²) in [5.41, 5.74) is 3.19. The second-order valence-corrected chi connectivity index (χ2v) is 9.23. The van der Waals surface area contributed by atoms with Crippen LogP contribution in [0, 0.1) is 0 Å². The van der Waals surface area contributed by atoms with Crippen LogP contribution in [-0.4, -0.2) is 16.6 Å². The molecule has 30 heavy (non-hydrogen) atoms. The topological polar surface area (TPSA) is 39.2 Å². The number of aryl methyl sites for hydroxylation is 1. The van der Waals surface area contributed by atoms with E-state index in [0.717, 1.165) is 30.3 Å². The minimum atomic E-state index is -0.371. The van der Waals surface area contributed by atoms with Crippen molar-refractivity contribution in [2.75, 3.05) is 0 Å². The Labute approximate surface area is 180 Å². The number of aromatic nitrogens is 1. The molecule has 0 aliphatic rings. The van der Waals surface area contributed by atoms with Crippen LogP contribution in [0.15, 0.2) is 48.5 Å². The summed E-state index contributed by atoms with van der Waals surface area (Å²) in [7, 11) is 0. The molecule has 0 saturated carbocycles. The Hall–Kier alpha value is -2.42. The van der Waals surface area contributed by atoms with E-state index in [2.05, 4.69) is 42.5 Å². The fourth-order valence-corrected chi connectivity index (χ4v) is 3.94. The van der Waals surface area contributed by atoms with E-state index in [9.17, 15) is 4.79 Å². The zero-order valence-electron chi connectivity index (χ0n) is 18.7. The number of benzene rings is 2. The third kappa shape index (κ3) is 6.83.